The smallest absolute Gasteiger partial charge is 0.104 e. The predicted octanol–water partition coefficient (Wildman–Crippen LogP) is 5.99. The van der Waals surface area contributed by atoms with Crippen molar-refractivity contribution in [2.45, 2.75) is 52.9 Å². The minimum atomic E-state index is -0.0191. The number of benzene rings is 1. The van der Waals surface area contributed by atoms with Gasteiger partial charge in [-0.25, -0.2) is 0 Å². The van der Waals surface area contributed by atoms with E-state index in [0.29, 0.717) is 5.92 Å². The maximum atomic E-state index is 6.79. The number of fused-ring (bicyclic) bond motifs is 2. The number of hydrogen-bond acceptors (Lipinski definition) is 3. The van der Waals surface area contributed by atoms with E-state index in [1.165, 1.54) is 46.0 Å². The molecule has 0 bridgehead atoms. The lowest BCUT2D eigenvalue weighted by molar-refractivity contribution is 0.155. The van der Waals surface area contributed by atoms with Gasteiger partial charge < -0.3 is 20.4 Å². The van der Waals surface area contributed by atoms with Gasteiger partial charge >= 0.3 is 0 Å². The van der Waals surface area contributed by atoms with Crippen molar-refractivity contribution >= 4 is 23.3 Å². The van der Waals surface area contributed by atoms with Crippen LogP contribution in [0.3, 0.4) is 0 Å². The quantitative estimate of drug-likeness (QED) is 0.617. The standard InChI is InChI=1S/C26H33N3O.ClH/c1-16-17(2)30-18(3)21-13-26(4,25(27)24(16)21)15-29-11-9-19(10-12-29)22-14-28-23-8-6-5-7-20(22)23;/h5-8,14,19,28H,9-13,15,27H2,1-4H3;1H. The summed E-state index contributed by atoms with van der Waals surface area (Å²) in [5, 5.41) is 1.39. The van der Waals surface area contributed by atoms with Gasteiger partial charge in [0.25, 0.3) is 0 Å². The van der Waals surface area contributed by atoms with Crippen LogP contribution in [0, 0.1) is 5.41 Å². The molecule has 0 radical (unpaired) electrons. The zero-order chi connectivity index (χ0) is 21.0. The van der Waals surface area contributed by atoms with Crippen molar-refractivity contribution in [2.24, 2.45) is 11.1 Å². The molecule has 166 valence electrons. The molecule has 4 nitrogen and oxygen atoms in total. The van der Waals surface area contributed by atoms with Gasteiger partial charge in [-0.05, 0) is 76.2 Å². The van der Waals surface area contributed by atoms with E-state index < -0.39 is 0 Å². The maximum Gasteiger partial charge on any atom is 0.104 e. The molecule has 2 aliphatic heterocycles. The second-order valence-corrected chi connectivity index (χ2v) is 9.68. The number of piperidine rings is 1. The Hall–Kier alpha value is -2.17. The second-order valence-electron chi connectivity index (χ2n) is 9.68. The number of nitrogens with zero attached hydrogens (tertiary/aromatic N) is 1. The van der Waals surface area contributed by atoms with Gasteiger partial charge in [0, 0.05) is 45.9 Å². The zero-order valence-corrected chi connectivity index (χ0v) is 19.9. The molecule has 5 heteroatoms. The SMILES string of the molecule is CC1=C(C)C2=C(N)C(C)(CN3CCC(c4c[nH]c5ccccc45)CC3)CC2=C(C)O1.Cl. The number of rotatable bonds is 3. The van der Waals surface area contributed by atoms with Crippen molar-refractivity contribution in [1.29, 1.82) is 0 Å². The van der Waals surface area contributed by atoms with Crippen LogP contribution in [0.15, 0.2) is 64.4 Å². The molecule has 31 heavy (non-hydrogen) atoms. The van der Waals surface area contributed by atoms with E-state index in [-0.39, 0.29) is 17.8 Å². The molecule has 1 fully saturated rings. The molecule has 1 unspecified atom stereocenters. The first-order chi connectivity index (χ1) is 14.4. The largest absolute Gasteiger partial charge is 0.466 e. The highest BCUT2D eigenvalue weighted by atomic mass is 35.5. The lowest BCUT2D eigenvalue weighted by Crippen LogP contribution is -2.42. The average molecular weight is 440 g/mol. The third-order valence-electron chi connectivity index (χ3n) is 7.64. The Bertz CT molecular complexity index is 1100. The summed E-state index contributed by atoms with van der Waals surface area (Å²) < 4.78 is 5.99. The van der Waals surface area contributed by atoms with Gasteiger partial charge in [-0.2, -0.15) is 0 Å². The Kier molecular flexibility index (Phi) is 5.74. The zero-order valence-electron chi connectivity index (χ0n) is 19.0. The molecule has 1 aromatic carbocycles. The van der Waals surface area contributed by atoms with Gasteiger partial charge in [0.1, 0.15) is 11.5 Å². The van der Waals surface area contributed by atoms with Crippen LogP contribution >= 0.6 is 12.4 Å². The van der Waals surface area contributed by atoms with Crippen LogP contribution < -0.4 is 5.73 Å². The summed E-state index contributed by atoms with van der Waals surface area (Å²) in [5.74, 6) is 2.65. The Morgan fingerprint density at radius 2 is 1.84 bits per heavy atom. The summed E-state index contributed by atoms with van der Waals surface area (Å²) in [7, 11) is 0. The number of ether oxygens (including phenoxy) is 1. The van der Waals surface area contributed by atoms with E-state index in [1.807, 2.05) is 6.92 Å². The Morgan fingerprint density at radius 1 is 1.13 bits per heavy atom. The number of allylic oxidation sites excluding steroid dienone is 5. The van der Waals surface area contributed by atoms with Gasteiger partial charge in [0.15, 0.2) is 0 Å². The van der Waals surface area contributed by atoms with Crippen molar-refractivity contribution in [3.05, 3.63) is 70.0 Å². The van der Waals surface area contributed by atoms with Gasteiger partial charge in [-0.3, -0.25) is 0 Å². The molecular formula is C26H34ClN3O. The Morgan fingerprint density at radius 3 is 2.58 bits per heavy atom. The number of H-pyrrole nitrogens is 1. The molecule has 3 N–H and O–H groups in total. The van der Waals surface area contributed by atoms with Crippen molar-refractivity contribution in [3.8, 4) is 0 Å². The number of hydrogen-bond donors (Lipinski definition) is 2. The molecule has 2 aromatic rings. The number of aromatic amines is 1. The van der Waals surface area contributed by atoms with Crippen LogP contribution in [0.2, 0.25) is 0 Å². The van der Waals surface area contributed by atoms with E-state index in [0.717, 1.165) is 43.3 Å². The molecule has 0 spiro atoms. The van der Waals surface area contributed by atoms with E-state index in [2.05, 4.69) is 61.1 Å². The molecule has 3 aliphatic rings. The van der Waals surface area contributed by atoms with Gasteiger partial charge in [0.05, 0.1) is 0 Å². The van der Waals surface area contributed by atoms with E-state index in [4.69, 9.17) is 10.5 Å². The van der Waals surface area contributed by atoms with Crippen LogP contribution in [0.5, 0.6) is 0 Å². The minimum Gasteiger partial charge on any atom is -0.466 e. The topological polar surface area (TPSA) is 54.3 Å². The van der Waals surface area contributed by atoms with Crippen molar-refractivity contribution < 1.29 is 4.74 Å². The number of nitrogens with two attached hydrogens (primary N) is 1. The lowest BCUT2D eigenvalue weighted by atomic mass is 9.83. The molecular weight excluding hydrogens is 406 g/mol. The van der Waals surface area contributed by atoms with Gasteiger partial charge in [-0.1, -0.05) is 25.1 Å². The molecule has 1 aromatic heterocycles. The highest BCUT2D eigenvalue weighted by Gasteiger charge is 2.43. The monoisotopic (exact) mass is 439 g/mol. The number of likely N-dealkylation sites (tertiary alicyclic amines) is 1. The molecule has 0 amide bonds. The summed E-state index contributed by atoms with van der Waals surface area (Å²) in [6, 6.07) is 8.66. The molecule has 1 atom stereocenters. The van der Waals surface area contributed by atoms with E-state index in [1.54, 1.807) is 0 Å². The van der Waals surface area contributed by atoms with Crippen molar-refractivity contribution in [1.82, 2.24) is 9.88 Å². The number of halogens is 1. The summed E-state index contributed by atoms with van der Waals surface area (Å²) in [6.07, 6.45) is 5.62. The highest BCUT2D eigenvalue weighted by molar-refractivity contribution is 5.85. The Labute approximate surface area is 191 Å². The van der Waals surface area contributed by atoms with Gasteiger partial charge in [-0.15, -0.1) is 12.4 Å². The summed E-state index contributed by atoms with van der Waals surface area (Å²) in [4.78, 5) is 6.07. The van der Waals surface area contributed by atoms with Crippen molar-refractivity contribution in [3.63, 3.8) is 0 Å². The van der Waals surface area contributed by atoms with Crippen LogP contribution in [0.25, 0.3) is 10.9 Å². The normalized spacial score (nSPS) is 25.2. The first-order valence-corrected chi connectivity index (χ1v) is 11.2. The van der Waals surface area contributed by atoms with Crippen LogP contribution in [-0.2, 0) is 4.74 Å². The average Bonchev–Trinajstić information content (AvgIpc) is 3.27. The van der Waals surface area contributed by atoms with Gasteiger partial charge in [0.2, 0.25) is 0 Å². The Balaban J connectivity index is 0.00000231. The van der Waals surface area contributed by atoms with Crippen LogP contribution in [-0.4, -0.2) is 29.5 Å². The van der Waals surface area contributed by atoms with E-state index >= 15 is 0 Å². The highest BCUT2D eigenvalue weighted by Crippen LogP contribution is 2.50. The fourth-order valence-corrected chi connectivity index (χ4v) is 5.78. The van der Waals surface area contributed by atoms with Crippen LogP contribution in [0.1, 0.15) is 58.4 Å². The minimum absolute atomic E-state index is 0. The number of para-hydroxylation sites is 1. The molecule has 1 aliphatic carbocycles. The van der Waals surface area contributed by atoms with E-state index in [9.17, 15) is 0 Å². The maximum absolute atomic E-state index is 6.79. The number of nitrogens with one attached hydrogen (secondary N) is 1. The summed E-state index contributed by atoms with van der Waals surface area (Å²) >= 11 is 0. The molecule has 1 saturated heterocycles. The fraction of sp³-hybridized carbons (Fsp3) is 0.462. The number of aromatic nitrogens is 1. The lowest BCUT2D eigenvalue weighted by Gasteiger charge is -2.38. The summed E-state index contributed by atoms with van der Waals surface area (Å²) in [5.41, 5.74) is 14.3. The molecule has 3 heterocycles. The third-order valence-corrected chi connectivity index (χ3v) is 7.64. The molecule has 5 rings (SSSR count). The predicted molar refractivity (Wildman–Crippen MR) is 130 cm³/mol. The first-order valence-electron chi connectivity index (χ1n) is 11.2. The first kappa shape index (κ1) is 22.0. The fourth-order valence-electron chi connectivity index (χ4n) is 5.78. The van der Waals surface area contributed by atoms with Crippen LogP contribution in [0.4, 0.5) is 0 Å². The van der Waals surface area contributed by atoms with Crippen molar-refractivity contribution in [2.75, 3.05) is 19.6 Å². The third kappa shape index (κ3) is 3.60. The molecule has 0 saturated carbocycles. The summed E-state index contributed by atoms with van der Waals surface area (Å²) in [6.45, 7) is 11.9. The second kappa shape index (κ2) is 8.07.